The first-order chi connectivity index (χ1) is 41.8. The SMILES string of the molecule is O=C(NCCCC[C@@H]1NC(=O)[C@H](Cc2ccccc2)NC(=O)[C@H]2Cc3ccccc3CN2C(=O)[C@H](CCCCNC(=O)OCc2ccccc2Cl)NC(=O)[C@H](Cc2ccccc2)NC(=O)[C@H]2Cc3ccccc3CN2C1=O)OCc1ccccc1Cl. The number of carbonyl (C=O) groups is 8. The topological polar surface area (TPSA) is 234 Å². The summed E-state index contributed by atoms with van der Waals surface area (Å²) < 4.78 is 10.8. The van der Waals surface area contributed by atoms with Gasteiger partial charge in [-0.05, 0) is 84.0 Å². The first kappa shape index (κ1) is 61.8. The highest BCUT2D eigenvalue weighted by atomic mass is 35.5. The van der Waals surface area contributed by atoms with Crippen LogP contribution in [0, 0.1) is 0 Å². The summed E-state index contributed by atoms with van der Waals surface area (Å²) >= 11 is 12.5. The zero-order valence-electron chi connectivity index (χ0n) is 47.5. The number of unbranched alkanes of at least 4 members (excludes halogenated alkanes) is 2. The van der Waals surface area contributed by atoms with E-state index in [0.29, 0.717) is 58.0 Å². The lowest BCUT2D eigenvalue weighted by molar-refractivity contribution is -0.147. The van der Waals surface area contributed by atoms with E-state index in [-0.39, 0.29) is 77.9 Å². The van der Waals surface area contributed by atoms with Gasteiger partial charge in [-0.2, -0.15) is 0 Å². The molecular weight excluding hydrogens is 1140 g/mol. The molecule has 0 aliphatic carbocycles. The average Bonchev–Trinajstić information content (AvgIpc) is 1.35. The highest BCUT2D eigenvalue weighted by Gasteiger charge is 2.43. The summed E-state index contributed by atoms with van der Waals surface area (Å²) in [5, 5.41) is 18.4. The van der Waals surface area contributed by atoms with Crippen LogP contribution in [-0.4, -0.2) is 107 Å². The minimum Gasteiger partial charge on any atom is -0.445 e. The quantitative estimate of drug-likeness (QED) is 0.0457. The van der Waals surface area contributed by atoms with E-state index in [9.17, 15) is 9.59 Å². The maximum Gasteiger partial charge on any atom is 0.407 e. The number of nitrogens with one attached hydrogen (secondary N) is 6. The molecule has 0 saturated carbocycles. The number of halogens is 2. The number of ether oxygens (including phenoxy) is 2. The normalized spacial score (nSPS) is 20.0. The van der Waals surface area contributed by atoms with E-state index in [1.54, 1.807) is 48.5 Å². The van der Waals surface area contributed by atoms with Gasteiger partial charge in [0.1, 0.15) is 49.5 Å². The maximum atomic E-state index is 15.5. The van der Waals surface area contributed by atoms with Gasteiger partial charge in [0.05, 0.1) is 0 Å². The van der Waals surface area contributed by atoms with Crippen molar-refractivity contribution in [3.05, 3.63) is 212 Å². The molecule has 6 aromatic rings. The lowest BCUT2D eigenvalue weighted by atomic mass is 9.91. The third-order valence-corrected chi connectivity index (χ3v) is 16.5. The van der Waals surface area contributed by atoms with Crippen molar-refractivity contribution in [1.82, 2.24) is 41.7 Å². The van der Waals surface area contributed by atoms with Crippen molar-refractivity contribution in [3.8, 4) is 0 Å². The summed E-state index contributed by atoms with van der Waals surface area (Å²) in [5.41, 5.74) is 5.88. The van der Waals surface area contributed by atoms with Gasteiger partial charge in [-0.25, -0.2) is 9.59 Å². The Balaban J connectivity index is 1.03. The van der Waals surface area contributed by atoms with Crippen molar-refractivity contribution in [2.75, 3.05) is 13.1 Å². The highest BCUT2D eigenvalue weighted by molar-refractivity contribution is 6.31. The molecule has 1 fully saturated rings. The number of benzene rings is 6. The molecule has 0 radical (unpaired) electrons. The smallest absolute Gasteiger partial charge is 0.407 e. The highest BCUT2D eigenvalue weighted by Crippen LogP contribution is 2.28. The van der Waals surface area contributed by atoms with Crippen LogP contribution in [0.5, 0.6) is 0 Å². The largest absolute Gasteiger partial charge is 0.445 e. The van der Waals surface area contributed by atoms with E-state index in [2.05, 4.69) is 31.9 Å². The van der Waals surface area contributed by atoms with Crippen LogP contribution < -0.4 is 31.9 Å². The Morgan fingerprint density at radius 1 is 0.430 bits per heavy atom. The summed E-state index contributed by atoms with van der Waals surface area (Å²) in [5.74, 6) is -3.76. The molecule has 448 valence electrons. The Hall–Kier alpha value is -8.74. The van der Waals surface area contributed by atoms with Crippen molar-refractivity contribution in [2.24, 2.45) is 0 Å². The maximum absolute atomic E-state index is 15.5. The van der Waals surface area contributed by atoms with E-state index < -0.39 is 83.9 Å². The number of nitrogens with zero attached hydrogens (tertiary/aromatic N) is 2. The van der Waals surface area contributed by atoms with Crippen LogP contribution in [0.1, 0.15) is 83.0 Å². The molecule has 0 spiro atoms. The lowest BCUT2D eigenvalue weighted by Gasteiger charge is -2.40. The molecule has 3 aliphatic rings. The molecule has 18 nitrogen and oxygen atoms in total. The van der Waals surface area contributed by atoms with Gasteiger partial charge in [0.25, 0.3) is 0 Å². The first-order valence-corrected chi connectivity index (χ1v) is 29.9. The molecule has 8 amide bonds. The number of amides is 8. The zero-order valence-corrected chi connectivity index (χ0v) is 49.0. The third-order valence-electron chi connectivity index (χ3n) is 15.7. The van der Waals surface area contributed by atoms with Gasteiger partial charge in [0.2, 0.25) is 35.4 Å². The Morgan fingerprint density at radius 2 is 0.779 bits per heavy atom. The van der Waals surface area contributed by atoms with Crippen LogP contribution in [0.15, 0.2) is 158 Å². The monoisotopic (exact) mass is 1200 g/mol. The molecule has 0 aromatic heterocycles. The van der Waals surface area contributed by atoms with Crippen molar-refractivity contribution >= 4 is 70.8 Å². The Labute approximate surface area is 510 Å². The Bertz CT molecular complexity index is 3150. The summed E-state index contributed by atoms with van der Waals surface area (Å²) in [6.07, 6.45) is 0.271. The van der Waals surface area contributed by atoms with Gasteiger partial charge >= 0.3 is 12.2 Å². The molecule has 9 rings (SSSR count). The molecule has 3 heterocycles. The summed E-state index contributed by atoms with van der Waals surface area (Å²) in [6.45, 7) is 0.211. The van der Waals surface area contributed by atoms with Crippen molar-refractivity contribution < 1.29 is 47.8 Å². The van der Waals surface area contributed by atoms with E-state index in [1.807, 2.05) is 109 Å². The van der Waals surface area contributed by atoms with Crippen LogP contribution in [0.3, 0.4) is 0 Å². The fraction of sp³-hybridized carbons (Fsp3) is 0.333. The van der Waals surface area contributed by atoms with Gasteiger partial charge in [-0.3, -0.25) is 28.8 Å². The fourth-order valence-electron chi connectivity index (χ4n) is 11.0. The molecular formula is C66H70Cl2N8O10. The molecule has 86 heavy (non-hydrogen) atoms. The van der Waals surface area contributed by atoms with E-state index in [1.165, 1.54) is 9.80 Å². The van der Waals surface area contributed by atoms with Gasteiger partial charge in [-0.15, -0.1) is 0 Å². The van der Waals surface area contributed by atoms with Crippen molar-refractivity contribution in [1.29, 1.82) is 0 Å². The number of carbonyl (C=O) groups excluding carboxylic acids is 8. The lowest BCUT2D eigenvalue weighted by Crippen LogP contribution is -2.64. The third kappa shape index (κ3) is 16.8. The molecule has 0 bridgehead atoms. The van der Waals surface area contributed by atoms with Crippen LogP contribution in [0.25, 0.3) is 0 Å². The van der Waals surface area contributed by atoms with E-state index in [0.717, 1.165) is 22.3 Å². The number of fused-ring (bicyclic) bond motifs is 4. The number of hydrogen-bond donors (Lipinski definition) is 6. The molecule has 3 aliphatic heterocycles. The number of hydrogen-bond acceptors (Lipinski definition) is 10. The van der Waals surface area contributed by atoms with Crippen LogP contribution >= 0.6 is 23.2 Å². The predicted octanol–water partition coefficient (Wildman–Crippen LogP) is 7.83. The van der Waals surface area contributed by atoms with Gasteiger partial charge in [-0.1, -0.05) is 169 Å². The van der Waals surface area contributed by atoms with Crippen LogP contribution in [0.2, 0.25) is 10.0 Å². The summed E-state index contributed by atoms with van der Waals surface area (Å²) in [4.78, 5) is 120. The molecule has 20 heteroatoms. The first-order valence-electron chi connectivity index (χ1n) is 29.1. The number of rotatable bonds is 18. The number of alkyl carbamates (subject to hydrolysis) is 2. The summed E-state index contributed by atoms with van der Waals surface area (Å²) in [6, 6.07) is 39.7. The summed E-state index contributed by atoms with van der Waals surface area (Å²) in [7, 11) is 0. The molecule has 6 atom stereocenters. The Morgan fingerprint density at radius 3 is 1.17 bits per heavy atom. The van der Waals surface area contributed by atoms with Crippen LogP contribution in [0.4, 0.5) is 9.59 Å². The second-order valence-electron chi connectivity index (χ2n) is 21.7. The molecule has 1 saturated heterocycles. The molecule has 6 aromatic carbocycles. The van der Waals surface area contributed by atoms with Gasteiger partial charge < -0.3 is 51.2 Å². The predicted molar refractivity (Wildman–Crippen MR) is 324 cm³/mol. The minimum absolute atomic E-state index is 0.00197. The fourth-order valence-corrected chi connectivity index (χ4v) is 11.4. The van der Waals surface area contributed by atoms with Gasteiger partial charge in [0.15, 0.2) is 0 Å². The second-order valence-corrected chi connectivity index (χ2v) is 22.5. The zero-order chi connectivity index (χ0) is 60.4. The van der Waals surface area contributed by atoms with Crippen molar-refractivity contribution in [3.63, 3.8) is 0 Å². The Kier molecular flexibility index (Phi) is 21.8. The standard InChI is InChI=1S/C66H70Cl2N8O10/c67-51-29-13-11-27-49(51)41-85-65(83)69-33-17-15-31-53-63(81)76-40-48-26-10-8-24-46(48)38-58(76)62(80)74-56(36-44-21-5-2-6-22-44)60(78)72-54(32-16-18-34-70-66(84)86-42-50-28-12-14-30-52(50)68)64(82)75-39-47-25-9-7-23-45(47)37-57(75)61(79)73-55(59(77)71-53)35-43-19-3-1-4-20-43/h1-14,19-30,53-58H,15-18,31-42H2,(H,69,83)(H,70,84)(H,71,77)(H,72,78)(H,73,79)(H,74,80)/t53-,54-,55-,56-,57+,58+/m0/s1. The van der Waals surface area contributed by atoms with E-state index in [4.69, 9.17) is 32.7 Å². The molecule has 0 unspecified atom stereocenters. The van der Waals surface area contributed by atoms with Gasteiger partial charge in [0, 0.05) is 73.0 Å². The second kappa shape index (κ2) is 30.4. The average molecular weight is 1210 g/mol. The molecule has 6 N–H and O–H groups in total. The van der Waals surface area contributed by atoms with E-state index >= 15 is 28.8 Å². The van der Waals surface area contributed by atoms with Crippen LogP contribution in [-0.2, 0) is 90.2 Å². The van der Waals surface area contributed by atoms with Crippen molar-refractivity contribution in [2.45, 2.75) is 127 Å². The minimum atomic E-state index is -1.28.